The quantitative estimate of drug-likeness (QED) is 0.849. The van der Waals surface area contributed by atoms with Crippen LogP contribution in [-0.4, -0.2) is 29.1 Å². The standard InChI is InChI=1S/C17H20N2O2/c1-13-11-16(18-21-13)17(20)19-10-6-5-9-15(12-19)14-7-3-2-4-8-14/h2-4,7-8,11,15H,5-6,9-10,12H2,1H3. The topological polar surface area (TPSA) is 46.3 Å². The molecule has 1 saturated heterocycles. The van der Waals surface area contributed by atoms with E-state index in [1.807, 2.05) is 11.0 Å². The van der Waals surface area contributed by atoms with Crippen molar-refractivity contribution in [1.82, 2.24) is 10.1 Å². The first-order valence-corrected chi connectivity index (χ1v) is 7.51. The first kappa shape index (κ1) is 13.9. The van der Waals surface area contributed by atoms with E-state index in [1.165, 1.54) is 5.56 Å². The molecule has 2 heterocycles. The maximum atomic E-state index is 12.5. The molecule has 0 aliphatic carbocycles. The van der Waals surface area contributed by atoms with Crippen molar-refractivity contribution in [1.29, 1.82) is 0 Å². The molecule has 0 N–H and O–H groups in total. The second kappa shape index (κ2) is 6.12. The molecule has 4 nitrogen and oxygen atoms in total. The maximum Gasteiger partial charge on any atom is 0.276 e. The van der Waals surface area contributed by atoms with Crippen molar-refractivity contribution in [2.75, 3.05) is 13.1 Å². The van der Waals surface area contributed by atoms with Crippen LogP contribution in [0, 0.1) is 6.92 Å². The highest BCUT2D eigenvalue weighted by Gasteiger charge is 2.25. The van der Waals surface area contributed by atoms with Crippen LogP contribution in [0.1, 0.15) is 47.0 Å². The minimum atomic E-state index is -0.0188. The van der Waals surface area contributed by atoms with Gasteiger partial charge in [0.05, 0.1) is 0 Å². The number of aryl methyl sites for hydroxylation is 1. The minimum Gasteiger partial charge on any atom is -0.361 e. The molecule has 0 spiro atoms. The molecule has 1 aromatic carbocycles. The molecule has 0 radical (unpaired) electrons. The summed E-state index contributed by atoms with van der Waals surface area (Å²) < 4.78 is 5.02. The Labute approximate surface area is 124 Å². The number of carbonyl (C=O) groups excluding carboxylic acids is 1. The van der Waals surface area contributed by atoms with Crippen molar-refractivity contribution in [3.05, 3.63) is 53.4 Å². The molecule has 0 bridgehead atoms. The first-order valence-electron chi connectivity index (χ1n) is 7.51. The molecule has 1 unspecified atom stereocenters. The van der Waals surface area contributed by atoms with Gasteiger partial charge in [0.25, 0.3) is 5.91 Å². The van der Waals surface area contributed by atoms with Crippen LogP contribution >= 0.6 is 0 Å². The summed E-state index contributed by atoms with van der Waals surface area (Å²) in [6.07, 6.45) is 3.33. The molecular weight excluding hydrogens is 264 g/mol. The normalized spacial score (nSPS) is 19.3. The zero-order valence-electron chi connectivity index (χ0n) is 12.3. The number of nitrogens with zero attached hydrogens (tertiary/aromatic N) is 2. The van der Waals surface area contributed by atoms with E-state index in [1.54, 1.807) is 13.0 Å². The fourth-order valence-electron chi connectivity index (χ4n) is 2.95. The Balaban J connectivity index is 1.77. The molecule has 1 fully saturated rings. The van der Waals surface area contributed by atoms with Crippen LogP contribution in [0.25, 0.3) is 0 Å². The van der Waals surface area contributed by atoms with Crippen LogP contribution in [0.2, 0.25) is 0 Å². The monoisotopic (exact) mass is 284 g/mol. The van der Waals surface area contributed by atoms with Gasteiger partial charge in [-0.15, -0.1) is 0 Å². The lowest BCUT2D eigenvalue weighted by atomic mass is 9.94. The van der Waals surface area contributed by atoms with Crippen molar-refractivity contribution in [3.63, 3.8) is 0 Å². The number of likely N-dealkylation sites (tertiary alicyclic amines) is 1. The van der Waals surface area contributed by atoms with Crippen molar-refractivity contribution in [2.24, 2.45) is 0 Å². The Morgan fingerprint density at radius 1 is 1.29 bits per heavy atom. The summed E-state index contributed by atoms with van der Waals surface area (Å²) >= 11 is 0. The van der Waals surface area contributed by atoms with Crippen molar-refractivity contribution >= 4 is 5.91 Å². The summed E-state index contributed by atoms with van der Waals surface area (Å²) in [5, 5.41) is 3.85. The van der Waals surface area contributed by atoms with E-state index >= 15 is 0 Å². The zero-order valence-corrected chi connectivity index (χ0v) is 12.3. The number of amides is 1. The Kier molecular flexibility index (Phi) is 4.04. The van der Waals surface area contributed by atoms with E-state index in [-0.39, 0.29) is 5.91 Å². The summed E-state index contributed by atoms with van der Waals surface area (Å²) in [5.41, 5.74) is 1.73. The van der Waals surface area contributed by atoms with E-state index in [0.717, 1.165) is 32.4 Å². The Morgan fingerprint density at radius 3 is 2.81 bits per heavy atom. The highest BCUT2D eigenvalue weighted by atomic mass is 16.5. The maximum absolute atomic E-state index is 12.5. The lowest BCUT2D eigenvalue weighted by molar-refractivity contribution is 0.0744. The Hall–Kier alpha value is -2.10. The predicted octanol–water partition coefficient (Wildman–Crippen LogP) is 3.39. The number of rotatable bonds is 2. The number of aromatic nitrogens is 1. The van der Waals surface area contributed by atoms with Gasteiger partial charge >= 0.3 is 0 Å². The molecule has 21 heavy (non-hydrogen) atoms. The molecule has 110 valence electrons. The van der Waals surface area contributed by atoms with Gasteiger partial charge in [0.15, 0.2) is 5.69 Å². The minimum absolute atomic E-state index is 0.0188. The summed E-state index contributed by atoms with van der Waals surface area (Å²) in [6, 6.07) is 12.2. The third-order valence-electron chi connectivity index (χ3n) is 4.08. The Morgan fingerprint density at radius 2 is 2.10 bits per heavy atom. The van der Waals surface area contributed by atoms with Crippen molar-refractivity contribution < 1.29 is 9.32 Å². The average Bonchev–Trinajstić information content (AvgIpc) is 2.81. The number of benzene rings is 1. The molecule has 1 aliphatic heterocycles. The summed E-state index contributed by atoms with van der Waals surface area (Å²) in [6.45, 7) is 3.36. The van der Waals surface area contributed by atoms with E-state index in [0.29, 0.717) is 17.4 Å². The third-order valence-corrected chi connectivity index (χ3v) is 4.08. The lowest BCUT2D eigenvalue weighted by Gasteiger charge is -2.24. The average molecular weight is 284 g/mol. The van der Waals surface area contributed by atoms with Gasteiger partial charge in [-0.05, 0) is 25.3 Å². The van der Waals surface area contributed by atoms with Gasteiger partial charge in [-0.2, -0.15) is 0 Å². The summed E-state index contributed by atoms with van der Waals surface area (Å²) in [7, 11) is 0. The zero-order chi connectivity index (χ0) is 14.7. The third kappa shape index (κ3) is 3.15. The predicted molar refractivity (Wildman–Crippen MR) is 80.2 cm³/mol. The van der Waals surface area contributed by atoms with Crippen LogP contribution in [0.15, 0.2) is 40.9 Å². The highest BCUT2D eigenvalue weighted by Crippen LogP contribution is 2.27. The van der Waals surface area contributed by atoms with E-state index in [2.05, 4.69) is 29.4 Å². The van der Waals surface area contributed by atoms with Gasteiger partial charge in [-0.1, -0.05) is 41.9 Å². The molecule has 1 amide bonds. The summed E-state index contributed by atoms with van der Waals surface area (Å²) in [5.74, 6) is 1.06. The molecular formula is C17H20N2O2. The van der Waals surface area contributed by atoms with E-state index in [4.69, 9.17) is 4.52 Å². The number of carbonyl (C=O) groups is 1. The highest BCUT2D eigenvalue weighted by molar-refractivity contribution is 5.92. The molecule has 1 aromatic heterocycles. The van der Waals surface area contributed by atoms with Gasteiger partial charge < -0.3 is 9.42 Å². The Bertz CT molecular complexity index is 606. The van der Waals surface area contributed by atoms with Crippen LogP contribution in [0.4, 0.5) is 0 Å². The molecule has 3 rings (SSSR count). The van der Waals surface area contributed by atoms with Gasteiger partial charge in [-0.25, -0.2) is 0 Å². The smallest absolute Gasteiger partial charge is 0.276 e. The van der Waals surface area contributed by atoms with Gasteiger partial charge in [0, 0.05) is 25.1 Å². The van der Waals surface area contributed by atoms with Gasteiger partial charge in [0.1, 0.15) is 5.76 Å². The molecule has 2 aromatic rings. The second-order valence-electron chi connectivity index (χ2n) is 5.68. The van der Waals surface area contributed by atoms with Crippen molar-refractivity contribution in [2.45, 2.75) is 32.1 Å². The molecule has 1 aliphatic rings. The molecule has 1 atom stereocenters. The lowest BCUT2D eigenvalue weighted by Crippen LogP contribution is -2.34. The fraction of sp³-hybridized carbons (Fsp3) is 0.412. The van der Waals surface area contributed by atoms with Gasteiger partial charge in [-0.3, -0.25) is 4.79 Å². The first-order chi connectivity index (χ1) is 10.2. The van der Waals surface area contributed by atoms with Crippen LogP contribution in [-0.2, 0) is 0 Å². The largest absolute Gasteiger partial charge is 0.361 e. The van der Waals surface area contributed by atoms with Crippen LogP contribution < -0.4 is 0 Å². The van der Waals surface area contributed by atoms with Crippen molar-refractivity contribution in [3.8, 4) is 0 Å². The molecule has 0 saturated carbocycles. The van der Waals surface area contributed by atoms with E-state index < -0.39 is 0 Å². The summed E-state index contributed by atoms with van der Waals surface area (Å²) in [4.78, 5) is 14.5. The van der Waals surface area contributed by atoms with Crippen LogP contribution in [0.5, 0.6) is 0 Å². The number of hydrogen-bond donors (Lipinski definition) is 0. The second-order valence-corrected chi connectivity index (χ2v) is 5.68. The van der Waals surface area contributed by atoms with E-state index in [9.17, 15) is 4.79 Å². The van der Waals surface area contributed by atoms with Crippen LogP contribution in [0.3, 0.4) is 0 Å². The fourth-order valence-corrected chi connectivity index (χ4v) is 2.95. The SMILES string of the molecule is Cc1cc(C(=O)N2CCCCC(c3ccccc3)C2)no1. The molecule has 4 heteroatoms. The number of hydrogen-bond acceptors (Lipinski definition) is 3. The van der Waals surface area contributed by atoms with Gasteiger partial charge in [0.2, 0.25) is 0 Å².